The average Bonchev–Trinajstić information content (AvgIpc) is 2.77. The molecule has 84 valence electrons. The number of nitrogens with zero attached hydrogens (tertiary/aromatic N) is 1. The van der Waals surface area contributed by atoms with Crippen LogP contribution in [0.4, 0.5) is 0 Å². The van der Waals surface area contributed by atoms with E-state index in [1.807, 2.05) is 0 Å². The summed E-state index contributed by atoms with van der Waals surface area (Å²) in [7, 11) is 2.25. The molecule has 0 saturated heterocycles. The molecule has 1 fully saturated rings. The van der Waals surface area contributed by atoms with Gasteiger partial charge >= 0.3 is 0 Å². The molecule has 3 atom stereocenters. The number of rotatable bonds is 6. The first-order chi connectivity index (χ1) is 6.50. The van der Waals surface area contributed by atoms with E-state index < -0.39 is 0 Å². The van der Waals surface area contributed by atoms with Gasteiger partial charge in [0.2, 0.25) is 0 Å². The third-order valence-electron chi connectivity index (χ3n) is 3.37. The summed E-state index contributed by atoms with van der Waals surface area (Å²) in [4.78, 5) is 2.49. The maximum Gasteiger partial charge on any atom is 0.0189 e. The molecule has 0 bridgehead atoms. The molecule has 1 saturated carbocycles. The molecule has 0 amide bonds. The van der Waals surface area contributed by atoms with E-state index in [4.69, 9.17) is 0 Å². The zero-order valence-corrected chi connectivity index (χ0v) is 10.4. The second-order valence-corrected chi connectivity index (χ2v) is 5.32. The van der Waals surface area contributed by atoms with Crippen LogP contribution in [0.25, 0.3) is 0 Å². The van der Waals surface area contributed by atoms with Gasteiger partial charge in [-0.15, -0.1) is 0 Å². The summed E-state index contributed by atoms with van der Waals surface area (Å²) in [6, 6.07) is 1.26. The Hall–Kier alpha value is -0.0800. The average molecular weight is 198 g/mol. The van der Waals surface area contributed by atoms with Crippen molar-refractivity contribution in [1.29, 1.82) is 0 Å². The van der Waals surface area contributed by atoms with Crippen molar-refractivity contribution in [3.63, 3.8) is 0 Å². The highest BCUT2D eigenvalue weighted by Gasteiger charge is 2.33. The first-order valence-corrected chi connectivity index (χ1v) is 5.94. The lowest BCUT2D eigenvalue weighted by Crippen LogP contribution is -2.41. The fourth-order valence-electron chi connectivity index (χ4n) is 1.77. The Morgan fingerprint density at radius 2 is 1.93 bits per heavy atom. The molecule has 1 N–H and O–H groups in total. The van der Waals surface area contributed by atoms with Crippen LogP contribution in [0.5, 0.6) is 0 Å². The number of likely N-dealkylation sites (N-methyl/N-ethyl adjacent to an activating group) is 1. The highest BCUT2D eigenvalue weighted by atomic mass is 15.1. The topological polar surface area (TPSA) is 15.3 Å². The largest absolute Gasteiger partial charge is 0.313 e. The summed E-state index contributed by atoms with van der Waals surface area (Å²) in [5, 5.41) is 3.49. The Bertz CT molecular complexity index is 168. The van der Waals surface area contributed by atoms with Crippen molar-refractivity contribution in [3.05, 3.63) is 0 Å². The van der Waals surface area contributed by atoms with E-state index in [-0.39, 0.29) is 0 Å². The van der Waals surface area contributed by atoms with Gasteiger partial charge in [0.05, 0.1) is 0 Å². The fourth-order valence-corrected chi connectivity index (χ4v) is 1.77. The predicted octanol–water partition coefficient (Wildman–Crippen LogP) is 1.96. The Kier molecular flexibility index (Phi) is 4.39. The highest BCUT2D eigenvalue weighted by Crippen LogP contribution is 2.38. The van der Waals surface area contributed by atoms with Crippen molar-refractivity contribution in [2.75, 3.05) is 20.1 Å². The van der Waals surface area contributed by atoms with Crippen molar-refractivity contribution in [2.24, 2.45) is 11.8 Å². The molecule has 2 heteroatoms. The molecule has 0 spiro atoms. The summed E-state index contributed by atoms with van der Waals surface area (Å²) in [6.07, 6.45) is 1.44. The Labute approximate surface area is 89.1 Å². The highest BCUT2D eigenvalue weighted by molar-refractivity contribution is 4.85. The van der Waals surface area contributed by atoms with Crippen LogP contribution in [0, 0.1) is 11.8 Å². The van der Waals surface area contributed by atoms with Gasteiger partial charge in [-0.3, -0.25) is 0 Å². The third-order valence-corrected chi connectivity index (χ3v) is 3.37. The molecule has 3 unspecified atom stereocenters. The van der Waals surface area contributed by atoms with Crippen LogP contribution in [0.3, 0.4) is 0 Å². The van der Waals surface area contributed by atoms with Gasteiger partial charge in [0.25, 0.3) is 0 Å². The standard InChI is InChI=1S/C12H26N2/c1-9(2)13-7-11(4)14(5)8-12-6-10(12)3/h9-13H,6-8H2,1-5H3. The number of hydrogen-bond acceptors (Lipinski definition) is 2. The first-order valence-electron chi connectivity index (χ1n) is 5.94. The minimum absolute atomic E-state index is 0.602. The molecular weight excluding hydrogens is 172 g/mol. The molecule has 2 nitrogen and oxygen atoms in total. The van der Waals surface area contributed by atoms with Crippen LogP contribution in [0.15, 0.2) is 0 Å². The molecule has 0 aromatic rings. The maximum atomic E-state index is 3.49. The van der Waals surface area contributed by atoms with E-state index in [1.165, 1.54) is 13.0 Å². The monoisotopic (exact) mass is 198 g/mol. The van der Waals surface area contributed by atoms with Crippen molar-refractivity contribution < 1.29 is 0 Å². The molecule has 0 aliphatic heterocycles. The van der Waals surface area contributed by atoms with E-state index in [2.05, 4.69) is 45.0 Å². The molecule has 0 aromatic carbocycles. The minimum Gasteiger partial charge on any atom is -0.313 e. The van der Waals surface area contributed by atoms with Crippen LogP contribution < -0.4 is 5.32 Å². The van der Waals surface area contributed by atoms with Gasteiger partial charge in [0, 0.05) is 25.2 Å². The second-order valence-electron chi connectivity index (χ2n) is 5.32. The maximum absolute atomic E-state index is 3.49. The van der Waals surface area contributed by atoms with Gasteiger partial charge < -0.3 is 10.2 Å². The molecule has 1 aliphatic rings. The summed E-state index contributed by atoms with van der Waals surface area (Å²) >= 11 is 0. The summed E-state index contributed by atoms with van der Waals surface area (Å²) in [5.74, 6) is 1.95. The molecule has 0 radical (unpaired) electrons. The van der Waals surface area contributed by atoms with Crippen LogP contribution in [0.1, 0.15) is 34.1 Å². The van der Waals surface area contributed by atoms with E-state index >= 15 is 0 Å². The van der Waals surface area contributed by atoms with E-state index in [0.29, 0.717) is 12.1 Å². The number of hydrogen-bond donors (Lipinski definition) is 1. The summed E-state index contributed by atoms with van der Waals surface area (Å²) < 4.78 is 0. The molecule has 14 heavy (non-hydrogen) atoms. The van der Waals surface area contributed by atoms with E-state index in [0.717, 1.165) is 18.4 Å². The van der Waals surface area contributed by atoms with Crippen LogP contribution in [0.2, 0.25) is 0 Å². The van der Waals surface area contributed by atoms with E-state index in [9.17, 15) is 0 Å². The van der Waals surface area contributed by atoms with Crippen molar-refractivity contribution in [1.82, 2.24) is 10.2 Å². The van der Waals surface area contributed by atoms with Gasteiger partial charge in [-0.05, 0) is 32.2 Å². The van der Waals surface area contributed by atoms with Crippen molar-refractivity contribution in [3.8, 4) is 0 Å². The van der Waals surface area contributed by atoms with Crippen LogP contribution >= 0.6 is 0 Å². The number of nitrogens with one attached hydrogen (secondary N) is 1. The minimum atomic E-state index is 0.602. The smallest absolute Gasteiger partial charge is 0.0189 e. The zero-order chi connectivity index (χ0) is 10.7. The second kappa shape index (κ2) is 5.13. The zero-order valence-electron chi connectivity index (χ0n) is 10.4. The van der Waals surface area contributed by atoms with Gasteiger partial charge in [-0.25, -0.2) is 0 Å². The summed E-state index contributed by atoms with van der Waals surface area (Å²) in [5.41, 5.74) is 0. The van der Waals surface area contributed by atoms with Crippen molar-refractivity contribution >= 4 is 0 Å². The van der Waals surface area contributed by atoms with Crippen LogP contribution in [-0.2, 0) is 0 Å². The lowest BCUT2D eigenvalue weighted by atomic mass is 10.2. The molecule has 0 heterocycles. The Morgan fingerprint density at radius 3 is 2.36 bits per heavy atom. The first kappa shape index (κ1) is 12.0. The van der Waals surface area contributed by atoms with Gasteiger partial charge in [-0.2, -0.15) is 0 Å². The molecule has 1 aliphatic carbocycles. The molecular formula is C12H26N2. The lowest BCUT2D eigenvalue weighted by molar-refractivity contribution is 0.235. The quantitative estimate of drug-likeness (QED) is 0.702. The normalized spacial score (nSPS) is 28.5. The summed E-state index contributed by atoms with van der Waals surface area (Å²) in [6.45, 7) is 11.5. The Morgan fingerprint density at radius 1 is 1.36 bits per heavy atom. The van der Waals surface area contributed by atoms with E-state index in [1.54, 1.807) is 0 Å². The van der Waals surface area contributed by atoms with Crippen LogP contribution in [-0.4, -0.2) is 37.1 Å². The predicted molar refractivity (Wildman–Crippen MR) is 62.5 cm³/mol. The van der Waals surface area contributed by atoms with Gasteiger partial charge in [-0.1, -0.05) is 20.8 Å². The Balaban J connectivity index is 2.12. The van der Waals surface area contributed by atoms with Crippen molar-refractivity contribution in [2.45, 2.75) is 46.2 Å². The fraction of sp³-hybridized carbons (Fsp3) is 1.00. The lowest BCUT2D eigenvalue weighted by Gasteiger charge is -2.26. The van der Waals surface area contributed by atoms with Gasteiger partial charge in [0.15, 0.2) is 0 Å². The SMILES string of the molecule is CC(C)NCC(C)N(C)CC1CC1C. The molecule has 1 rings (SSSR count). The van der Waals surface area contributed by atoms with Gasteiger partial charge in [0.1, 0.15) is 0 Å². The molecule has 0 aromatic heterocycles. The third kappa shape index (κ3) is 3.97.